The lowest BCUT2D eigenvalue weighted by Gasteiger charge is -2.20. The average molecular weight is 305 g/mol. The van der Waals surface area contributed by atoms with Gasteiger partial charge in [0.25, 0.3) is 0 Å². The molecule has 4 nitrogen and oxygen atoms in total. The zero-order valence-electron chi connectivity index (χ0n) is 12.9. The van der Waals surface area contributed by atoms with E-state index in [0.717, 1.165) is 42.8 Å². The van der Waals surface area contributed by atoms with Crippen LogP contribution >= 0.6 is 11.5 Å². The summed E-state index contributed by atoms with van der Waals surface area (Å²) in [7, 11) is 1.72. The minimum Gasteiger partial charge on any atom is -0.496 e. The summed E-state index contributed by atoms with van der Waals surface area (Å²) in [5, 5.41) is 7.92. The molecule has 114 valence electrons. The fourth-order valence-electron chi connectivity index (χ4n) is 2.38. The molecule has 0 aliphatic rings. The van der Waals surface area contributed by atoms with Gasteiger partial charge in [0.2, 0.25) is 0 Å². The van der Waals surface area contributed by atoms with Crippen LogP contribution in [-0.4, -0.2) is 23.2 Å². The Morgan fingerprint density at radius 1 is 1.24 bits per heavy atom. The van der Waals surface area contributed by atoms with Gasteiger partial charge in [-0.3, -0.25) is 0 Å². The number of para-hydroxylation sites is 1. The number of benzene rings is 1. The highest BCUT2D eigenvalue weighted by atomic mass is 32.1. The van der Waals surface area contributed by atoms with Gasteiger partial charge in [0, 0.05) is 5.56 Å². The molecule has 5 heteroatoms. The van der Waals surface area contributed by atoms with Crippen molar-refractivity contribution < 1.29 is 4.74 Å². The third-order valence-electron chi connectivity index (χ3n) is 3.38. The Kier molecular flexibility index (Phi) is 6.14. The molecule has 0 radical (unpaired) electrons. The van der Waals surface area contributed by atoms with Crippen molar-refractivity contribution in [1.29, 1.82) is 0 Å². The van der Waals surface area contributed by atoms with Gasteiger partial charge in [-0.2, -0.15) is 0 Å². The molecule has 2 aromatic rings. The fraction of sp³-hybridized carbons (Fsp3) is 0.500. The number of aromatic nitrogens is 2. The molecule has 1 aromatic heterocycles. The van der Waals surface area contributed by atoms with Crippen molar-refractivity contribution in [2.45, 2.75) is 39.2 Å². The van der Waals surface area contributed by atoms with Crippen molar-refractivity contribution in [3.63, 3.8) is 0 Å². The van der Waals surface area contributed by atoms with Crippen LogP contribution in [0.25, 0.3) is 0 Å². The Bertz CT molecular complexity index is 556. The van der Waals surface area contributed by atoms with Crippen LogP contribution in [0.15, 0.2) is 24.3 Å². The SMILES string of the molecule is CCCNC(c1ccccc1OC)c1snnc1CCC. The number of nitrogens with zero attached hydrogens (tertiary/aromatic N) is 2. The molecule has 1 unspecified atom stereocenters. The van der Waals surface area contributed by atoms with Crippen molar-refractivity contribution >= 4 is 11.5 Å². The normalized spacial score (nSPS) is 12.3. The van der Waals surface area contributed by atoms with Gasteiger partial charge in [-0.1, -0.05) is 43.0 Å². The molecule has 0 fully saturated rings. The monoisotopic (exact) mass is 305 g/mol. The van der Waals surface area contributed by atoms with E-state index >= 15 is 0 Å². The molecule has 0 saturated heterocycles. The maximum Gasteiger partial charge on any atom is 0.124 e. The van der Waals surface area contributed by atoms with Crippen LogP contribution in [0.1, 0.15) is 48.9 Å². The van der Waals surface area contributed by atoms with Gasteiger partial charge >= 0.3 is 0 Å². The van der Waals surface area contributed by atoms with Crippen LogP contribution in [0.3, 0.4) is 0 Å². The summed E-state index contributed by atoms with van der Waals surface area (Å²) in [5.41, 5.74) is 2.25. The highest BCUT2D eigenvalue weighted by Gasteiger charge is 2.22. The molecule has 0 bridgehead atoms. The van der Waals surface area contributed by atoms with Crippen molar-refractivity contribution in [3.05, 3.63) is 40.4 Å². The van der Waals surface area contributed by atoms with E-state index in [-0.39, 0.29) is 6.04 Å². The molecular formula is C16H23N3OS. The van der Waals surface area contributed by atoms with Gasteiger partial charge in [-0.05, 0) is 37.0 Å². The predicted molar refractivity (Wildman–Crippen MR) is 87.0 cm³/mol. The number of ether oxygens (including phenoxy) is 1. The Morgan fingerprint density at radius 3 is 2.76 bits per heavy atom. The van der Waals surface area contributed by atoms with E-state index < -0.39 is 0 Å². The average Bonchev–Trinajstić information content (AvgIpc) is 2.97. The van der Waals surface area contributed by atoms with Gasteiger partial charge in [0.15, 0.2) is 0 Å². The Balaban J connectivity index is 2.40. The Hall–Kier alpha value is -1.46. The topological polar surface area (TPSA) is 47.0 Å². The second-order valence-corrected chi connectivity index (χ2v) is 5.75. The summed E-state index contributed by atoms with van der Waals surface area (Å²) in [6.45, 7) is 5.29. The Labute approximate surface area is 130 Å². The van der Waals surface area contributed by atoms with E-state index in [1.54, 1.807) is 7.11 Å². The van der Waals surface area contributed by atoms with Crippen molar-refractivity contribution in [2.24, 2.45) is 0 Å². The summed E-state index contributed by atoms with van der Waals surface area (Å²) in [5.74, 6) is 0.905. The molecule has 2 rings (SSSR count). The Morgan fingerprint density at radius 2 is 2.05 bits per heavy atom. The van der Waals surface area contributed by atoms with Gasteiger partial charge < -0.3 is 10.1 Å². The first-order valence-electron chi connectivity index (χ1n) is 7.49. The van der Waals surface area contributed by atoms with Crippen LogP contribution in [0, 0.1) is 0 Å². The van der Waals surface area contributed by atoms with E-state index in [2.05, 4.69) is 34.8 Å². The van der Waals surface area contributed by atoms with Crippen LogP contribution in [0.5, 0.6) is 5.75 Å². The van der Waals surface area contributed by atoms with E-state index in [1.165, 1.54) is 16.4 Å². The number of rotatable bonds is 8. The molecular weight excluding hydrogens is 282 g/mol. The van der Waals surface area contributed by atoms with Crippen LogP contribution in [-0.2, 0) is 6.42 Å². The standard InChI is InChI=1S/C16H23N3OS/c1-4-8-13-16(21-19-18-13)15(17-11-5-2)12-9-6-7-10-14(12)20-3/h6-7,9-10,15,17H,4-5,8,11H2,1-3H3. The van der Waals surface area contributed by atoms with E-state index in [0.29, 0.717) is 0 Å². The van der Waals surface area contributed by atoms with Crippen molar-refractivity contribution in [1.82, 2.24) is 14.9 Å². The van der Waals surface area contributed by atoms with Crippen molar-refractivity contribution in [3.8, 4) is 5.75 Å². The maximum atomic E-state index is 5.53. The number of hydrogen-bond acceptors (Lipinski definition) is 5. The number of nitrogens with one attached hydrogen (secondary N) is 1. The molecule has 0 spiro atoms. The van der Waals surface area contributed by atoms with Crippen LogP contribution in [0.4, 0.5) is 0 Å². The third-order valence-corrected chi connectivity index (χ3v) is 4.21. The number of methoxy groups -OCH3 is 1. The lowest BCUT2D eigenvalue weighted by molar-refractivity contribution is 0.404. The summed E-state index contributed by atoms with van der Waals surface area (Å²) in [6.07, 6.45) is 3.12. The lowest BCUT2D eigenvalue weighted by atomic mass is 10.0. The fourth-order valence-corrected chi connectivity index (χ4v) is 3.17. The molecule has 1 N–H and O–H groups in total. The number of hydrogen-bond donors (Lipinski definition) is 1. The second-order valence-electron chi connectivity index (χ2n) is 4.96. The first-order chi connectivity index (χ1) is 10.3. The minimum absolute atomic E-state index is 0.0997. The van der Waals surface area contributed by atoms with E-state index in [1.807, 2.05) is 18.2 Å². The highest BCUT2D eigenvalue weighted by molar-refractivity contribution is 7.05. The summed E-state index contributed by atoms with van der Waals surface area (Å²) in [4.78, 5) is 1.20. The zero-order chi connectivity index (χ0) is 15.1. The first-order valence-corrected chi connectivity index (χ1v) is 8.26. The van der Waals surface area contributed by atoms with Crippen LogP contribution < -0.4 is 10.1 Å². The minimum atomic E-state index is 0.0997. The molecule has 0 saturated carbocycles. The quantitative estimate of drug-likeness (QED) is 0.809. The molecule has 0 amide bonds. The largest absolute Gasteiger partial charge is 0.496 e. The molecule has 21 heavy (non-hydrogen) atoms. The lowest BCUT2D eigenvalue weighted by Crippen LogP contribution is -2.24. The third kappa shape index (κ3) is 3.80. The molecule has 0 aliphatic heterocycles. The molecule has 0 aliphatic carbocycles. The van der Waals surface area contributed by atoms with Crippen molar-refractivity contribution in [2.75, 3.05) is 13.7 Å². The smallest absolute Gasteiger partial charge is 0.124 e. The van der Waals surface area contributed by atoms with Gasteiger partial charge in [0.05, 0.1) is 23.7 Å². The summed E-state index contributed by atoms with van der Waals surface area (Å²) >= 11 is 1.48. The maximum absolute atomic E-state index is 5.53. The summed E-state index contributed by atoms with van der Waals surface area (Å²) in [6, 6.07) is 8.26. The number of aryl methyl sites for hydroxylation is 1. The second kappa shape index (κ2) is 8.10. The first kappa shape index (κ1) is 15.9. The zero-order valence-corrected chi connectivity index (χ0v) is 13.7. The van der Waals surface area contributed by atoms with Crippen LogP contribution in [0.2, 0.25) is 0 Å². The van der Waals surface area contributed by atoms with Gasteiger partial charge in [0.1, 0.15) is 5.75 Å². The predicted octanol–water partition coefficient (Wildman–Crippen LogP) is 3.59. The van der Waals surface area contributed by atoms with E-state index in [4.69, 9.17) is 4.74 Å². The van der Waals surface area contributed by atoms with E-state index in [9.17, 15) is 0 Å². The highest BCUT2D eigenvalue weighted by Crippen LogP contribution is 2.33. The van der Waals surface area contributed by atoms with Gasteiger partial charge in [-0.15, -0.1) is 5.10 Å². The van der Waals surface area contributed by atoms with Gasteiger partial charge in [-0.25, -0.2) is 0 Å². The molecule has 1 heterocycles. The molecule has 1 atom stereocenters. The molecule has 1 aromatic carbocycles. The summed E-state index contributed by atoms with van der Waals surface area (Å²) < 4.78 is 9.69.